The maximum absolute atomic E-state index is 12.0. The van der Waals surface area contributed by atoms with Crippen molar-refractivity contribution in [2.45, 2.75) is 38.9 Å². The largest absolute Gasteiger partial charge is 0.444 e. The molecule has 1 heterocycles. The summed E-state index contributed by atoms with van der Waals surface area (Å²) in [5, 5.41) is 9.85. The molecule has 18 heavy (non-hydrogen) atoms. The third kappa shape index (κ3) is 2.93. The number of hydrogen-bond donors (Lipinski definition) is 1. The van der Waals surface area contributed by atoms with Gasteiger partial charge in [-0.2, -0.15) is 0 Å². The van der Waals surface area contributed by atoms with Gasteiger partial charge < -0.3 is 14.7 Å². The van der Waals surface area contributed by atoms with Crippen LogP contribution in [0.5, 0.6) is 0 Å². The molecule has 0 aromatic heterocycles. The molecule has 0 radical (unpaired) electrons. The molecule has 2 aliphatic rings. The van der Waals surface area contributed by atoms with Gasteiger partial charge in [-0.15, -0.1) is 0 Å². The highest BCUT2D eigenvalue weighted by atomic mass is 16.6. The molecule has 4 heteroatoms. The summed E-state index contributed by atoms with van der Waals surface area (Å²) in [6.45, 7) is 6.79. The lowest BCUT2D eigenvalue weighted by molar-refractivity contribution is 0.0196. The second kappa shape index (κ2) is 4.76. The van der Waals surface area contributed by atoms with Crippen molar-refractivity contribution in [3.63, 3.8) is 0 Å². The predicted octanol–water partition coefficient (Wildman–Crippen LogP) is 2.10. The van der Waals surface area contributed by atoms with Crippen LogP contribution in [-0.4, -0.2) is 40.9 Å². The van der Waals surface area contributed by atoms with Gasteiger partial charge in [0.2, 0.25) is 0 Å². The first-order valence-electron chi connectivity index (χ1n) is 6.40. The summed E-state index contributed by atoms with van der Waals surface area (Å²) in [7, 11) is 0. The van der Waals surface area contributed by atoms with Crippen molar-refractivity contribution in [1.29, 1.82) is 0 Å². The van der Waals surface area contributed by atoms with Crippen LogP contribution in [-0.2, 0) is 4.74 Å². The quantitative estimate of drug-likeness (QED) is 0.717. The number of rotatable bonds is 0. The van der Waals surface area contributed by atoms with E-state index in [1.807, 2.05) is 32.9 Å². The Kier molecular flexibility index (Phi) is 3.48. The second-order valence-corrected chi connectivity index (χ2v) is 5.91. The predicted molar refractivity (Wildman–Crippen MR) is 69.1 cm³/mol. The maximum Gasteiger partial charge on any atom is 0.410 e. The fraction of sp³-hybridized carbons (Fsp3) is 0.643. The van der Waals surface area contributed by atoms with Gasteiger partial charge in [0.25, 0.3) is 0 Å². The summed E-state index contributed by atoms with van der Waals surface area (Å²) >= 11 is 0. The number of allylic oxidation sites excluding steroid dienone is 2. The van der Waals surface area contributed by atoms with Gasteiger partial charge in [-0.1, -0.05) is 18.2 Å². The smallest absolute Gasteiger partial charge is 0.410 e. The van der Waals surface area contributed by atoms with Gasteiger partial charge in [-0.25, -0.2) is 4.79 Å². The van der Waals surface area contributed by atoms with Crippen molar-refractivity contribution in [2.24, 2.45) is 5.92 Å². The molecule has 2 rings (SSSR count). The number of fused-ring (bicyclic) bond motifs is 1. The van der Waals surface area contributed by atoms with E-state index in [1.165, 1.54) is 0 Å². The molecule has 0 aromatic rings. The van der Waals surface area contributed by atoms with Crippen LogP contribution in [0.25, 0.3) is 0 Å². The van der Waals surface area contributed by atoms with Crippen molar-refractivity contribution in [1.82, 2.24) is 4.90 Å². The summed E-state index contributed by atoms with van der Waals surface area (Å²) in [4.78, 5) is 13.7. The van der Waals surface area contributed by atoms with E-state index < -0.39 is 11.7 Å². The zero-order valence-electron chi connectivity index (χ0n) is 11.2. The Morgan fingerprint density at radius 3 is 2.89 bits per heavy atom. The second-order valence-electron chi connectivity index (χ2n) is 5.91. The average molecular weight is 251 g/mol. The van der Waals surface area contributed by atoms with E-state index in [-0.39, 0.29) is 12.0 Å². The van der Waals surface area contributed by atoms with Gasteiger partial charge in [0, 0.05) is 19.0 Å². The van der Waals surface area contributed by atoms with Gasteiger partial charge >= 0.3 is 6.09 Å². The summed E-state index contributed by atoms with van der Waals surface area (Å²) in [6.07, 6.45) is 5.76. The normalized spacial score (nSPS) is 27.6. The lowest BCUT2D eigenvalue weighted by atomic mass is 9.83. The van der Waals surface area contributed by atoms with Crippen LogP contribution in [0, 0.1) is 5.92 Å². The zero-order valence-corrected chi connectivity index (χ0v) is 11.2. The minimum atomic E-state index is -0.464. The third-order valence-corrected chi connectivity index (χ3v) is 3.24. The van der Waals surface area contributed by atoms with Gasteiger partial charge in [0.05, 0.1) is 6.10 Å². The monoisotopic (exact) mass is 251 g/mol. The molecule has 1 N–H and O–H groups in total. The van der Waals surface area contributed by atoms with Crippen molar-refractivity contribution < 1.29 is 14.6 Å². The zero-order chi connectivity index (χ0) is 13.3. The van der Waals surface area contributed by atoms with Crippen LogP contribution in [0.2, 0.25) is 0 Å². The number of amides is 1. The minimum Gasteiger partial charge on any atom is -0.444 e. The van der Waals surface area contributed by atoms with Crippen LogP contribution in [0.1, 0.15) is 27.2 Å². The van der Waals surface area contributed by atoms with Crippen LogP contribution < -0.4 is 0 Å². The summed E-state index contributed by atoms with van der Waals surface area (Å²) in [6, 6.07) is 0. The number of aliphatic hydroxyl groups is 1. The minimum absolute atomic E-state index is 0.161. The number of piperidine rings is 1. The molecule has 100 valence electrons. The highest BCUT2D eigenvalue weighted by Gasteiger charge is 2.33. The fourth-order valence-electron chi connectivity index (χ4n) is 2.37. The number of aliphatic hydroxyl groups excluding tert-OH is 1. The molecule has 0 bridgehead atoms. The molecule has 1 saturated heterocycles. The Labute approximate surface area is 108 Å². The number of hydrogen-bond acceptors (Lipinski definition) is 3. The van der Waals surface area contributed by atoms with Crippen molar-refractivity contribution in [3.05, 3.63) is 23.8 Å². The number of ether oxygens (including phenoxy) is 1. The van der Waals surface area contributed by atoms with Crippen LogP contribution >= 0.6 is 0 Å². The van der Waals surface area contributed by atoms with E-state index in [0.717, 1.165) is 12.0 Å². The van der Waals surface area contributed by atoms with E-state index in [1.54, 1.807) is 11.0 Å². The lowest BCUT2D eigenvalue weighted by Gasteiger charge is -2.37. The Morgan fingerprint density at radius 2 is 2.22 bits per heavy atom. The van der Waals surface area contributed by atoms with Crippen molar-refractivity contribution >= 4 is 6.09 Å². The Balaban J connectivity index is 2.01. The van der Waals surface area contributed by atoms with Gasteiger partial charge in [-0.05, 0) is 32.8 Å². The lowest BCUT2D eigenvalue weighted by Crippen LogP contribution is -2.45. The molecule has 1 aliphatic heterocycles. The Hall–Kier alpha value is -1.29. The molecule has 2 atom stereocenters. The number of likely N-dealkylation sites (tertiary alicyclic amines) is 1. The van der Waals surface area contributed by atoms with Crippen molar-refractivity contribution in [3.8, 4) is 0 Å². The van der Waals surface area contributed by atoms with E-state index in [4.69, 9.17) is 4.74 Å². The molecule has 1 aliphatic carbocycles. The number of nitrogens with zero attached hydrogens (tertiary/aromatic N) is 1. The standard InChI is InChI=1S/C14H21NO3/c1-14(2,3)18-13(17)15-8-7-11-10(9-15)5-4-6-12(11)16/h4-6,11-12,16H,7-9H2,1-3H3. The Bertz CT molecular complexity index is 392. The van der Waals surface area contributed by atoms with Gasteiger partial charge in [-0.3, -0.25) is 0 Å². The molecule has 2 unspecified atom stereocenters. The molecule has 0 spiro atoms. The SMILES string of the molecule is CC(C)(C)OC(=O)N1CCC2C(=CC=CC2O)C1. The molecule has 0 saturated carbocycles. The van der Waals surface area contributed by atoms with E-state index in [9.17, 15) is 9.90 Å². The van der Waals surface area contributed by atoms with E-state index in [0.29, 0.717) is 13.1 Å². The highest BCUT2D eigenvalue weighted by molar-refractivity contribution is 5.69. The first kappa shape index (κ1) is 13.1. The first-order valence-corrected chi connectivity index (χ1v) is 6.40. The summed E-state index contributed by atoms with van der Waals surface area (Å²) in [5.41, 5.74) is 0.649. The summed E-state index contributed by atoms with van der Waals surface area (Å²) in [5.74, 6) is 0.161. The van der Waals surface area contributed by atoms with E-state index in [2.05, 4.69) is 0 Å². The van der Waals surface area contributed by atoms with Crippen LogP contribution in [0.4, 0.5) is 4.79 Å². The van der Waals surface area contributed by atoms with Gasteiger partial charge in [0.15, 0.2) is 0 Å². The van der Waals surface area contributed by atoms with E-state index >= 15 is 0 Å². The molecule has 1 fully saturated rings. The molecular weight excluding hydrogens is 230 g/mol. The van der Waals surface area contributed by atoms with Gasteiger partial charge in [0.1, 0.15) is 5.60 Å². The average Bonchev–Trinajstić information content (AvgIpc) is 2.26. The topological polar surface area (TPSA) is 49.8 Å². The Morgan fingerprint density at radius 1 is 1.50 bits per heavy atom. The molecule has 4 nitrogen and oxygen atoms in total. The summed E-state index contributed by atoms with van der Waals surface area (Å²) < 4.78 is 5.36. The fourth-order valence-corrected chi connectivity index (χ4v) is 2.37. The van der Waals surface area contributed by atoms with Crippen LogP contribution in [0.3, 0.4) is 0 Å². The first-order chi connectivity index (χ1) is 8.37. The van der Waals surface area contributed by atoms with Crippen molar-refractivity contribution in [2.75, 3.05) is 13.1 Å². The third-order valence-electron chi connectivity index (χ3n) is 3.24. The van der Waals surface area contributed by atoms with Crippen LogP contribution in [0.15, 0.2) is 23.8 Å². The number of carbonyl (C=O) groups is 1. The molecular formula is C14H21NO3. The highest BCUT2D eigenvalue weighted by Crippen LogP contribution is 2.30. The molecule has 1 amide bonds. The molecule has 0 aromatic carbocycles. The maximum atomic E-state index is 12.0. The number of carbonyl (C=O) groups excluding carboxylic acids is 1.